The Morgan fingerprint density at radius 2 is 2.06 bits per heavy atom. The van der Waals surface area contributed by atoms with E-state index in [1.54, 1.807) is 18.2 Å². The lowest BCUT2D eigenvalue weighted by Crippen LogP contribution is -2.63. The standard InChI is InChI=1S/C14H18FNO2/c15-12-3-1-2-4-13(12)18-8-7-16-9-14(17,10-16)11-5-6-11/h1-4,11,17H,5-10H2. The number of hydrogen-bond acceptors (Lipinski definition) is 3. The molecular formula is C14H18FNO2. The highest BCUT2D eigenvalue weighted by atomic mass is 19.1. The zero-order chi connectivity index (χ0) is 12.6. The Labute approximate surface area is 106 Å². The van der Waals surface area contributed by atoms with Crippen molar-refractivity contribution in [2.45, 2.75) is 18.4 Å². The fourth-order valence-electron chi connectivity index (χ4n) is 2.61. The Bertz CT molecular complexity index is 428. The van der Waals surface area contributed by atoms with Crippen LogP contribution in [0.25, 0.3) is 0 Å². The number of hydrogen-bond donors (Lipinski definition) is 1. The largest absolute Gasteiger partial charge is 0.489 e. The van der Waals surface area contributed by atoms with Crippen molar-refractivity contribution in [3.05, 3.63) is 30.1 Å². The van der Waals surface area contributed by atoms with Crippen molar-refractivity contribution in [3.63, 3.8) is 0 Å². The monoisotopic (exact) mass is 251 g/mol. The summed E-state index contributed by atoms with van der Waals surface area (Å²) in [5.41, 5.74) is -0.446. The van der Waals surface area contributed by atoms with Crippen molar-refractivity contribution >= 4 is 0 Å². The van der Waals surface area contributed by atoms with Crippen molar-refractivity contribution in [2.24, 2.45) is 5.92 Å². The second-order valence-electron chi connectivity index (χ2n) is 5.37. The third-order valence-corrected chi connectivity index (χ3v) is 3.83. The molecule has 0 amide bonds. The lowest BCUT2D eigenvalue weighted by Gasteiger charge is -2.47. The lowest BCUT2D eigenvalue weighted by atomic mass is 9.89. The van der Waals surface area contributed by atoms with Crippen molar-refractivity contribution in [2.75, 3.05) is 26.2 Å². The molecule has 0 aromatic heterocycles. The molecule has 0 radical (unpaired) electrons. The van der Waals surface area contributed by atoms with Crippen LogP contribution in [0.15, 0.2) is 24.3 Å². The highest BCUT2D eigenvalue weighted by molar-refractivity contribution is 5.23. The van der Waals surface area contributed by atoms with E-state index in [2.05, 4.69) is 4.90 Å². The van der Waals surface area contributed by atoms with Crippen LogP contribution < -0.4 is 4.74 Å². The molecule has 1 aliphatic heterocycles. The van der Waals surface area contributed by atoms with Crippen LogP contribution in [0.4, 0.5) is 4.39 Å². The van der Waals surface area contributed by atoms with Gasteiger partial charge >= 0.3 is 0 Å². The Hall–Kier alpha value is -1.13. The molecule has 4 heteroatoms. The van der Waals surface area contributed by atoms with Gasteiger partial charge in [0.25, 0.3) is 0 Å². The van der Waals surface area contributed by atoms with Gasteiger partial charge in [0.05, 0.1) is 5.60 Å². The average molecular weight is 251 g/mol. The maximum absolute atomic E-state index is 13.3. The Morgan fingerprint density at radius 3 is 2.72 bits per heavy atom. The quantitative estimate of drug-likeness (QED) is 0.864. The molecule has 0 unspecified atom stereocenters. The number of rotatable bonds is 5. The molecule has 1 heterocycles. The number of nitrogens with zero attached hydrogens (tertiary/aromatic N) is 1. The van der Waals surface area contributed by atoms with E-state index in [1.807, 2.05) is 0 Å². The van der Waals surface area contributed by atoms with E-state index in [0.717, 1.165) is 32.5 Å². The minimum absolute atomic E-state index is 0.301. The molecule has 0 spiro atoms. The predicted molar refractivity (Wildman–Crippen MR) is 66.0 cm³/mol. The normalized spacial score (nSPS) is 22.6. The van der Waals surface area contributed by atoms with E-state index in [9.17, 15) is 9.50 Å². The minimum atomic E-state index is -0.446. The van der Waals surface area contributed by atoms with Crippen LogP contribution in [-0.2, 0) is 0 Å². The average Bonchev–Trinajstić information content (AvgIpc) is 3.13. The van der Waals surface area contributed by atoms with Crippen LogP contribution in [0.5, 0.6) is 5.75 Å². The summed E-state index contributed by atoms with van der Waals surface area (Å²) < 4.78 is 18.7. The molecule has 3 rings (SSSR count). The van der Waals surface area contributed by atoms with Crippen LogP contribution in [0.3, 0.4) is 0 Å². The maximum Gasteiger partial charge on any atom is 0.165 e. The molecular weight excluding hydrogens is 233 g/mol. The molecule has 1 aromatic rings. The summed E-state index contributed by atoms with van der Waals surface area (Å²) in [7, 11) is 0. The van der Waals surface area contributed by atoms with E-state index in [4.69, 9.17) is 4.74 Å². The summed E-state index contributed by atoms with van der Waals surface area (Å²) in [5, 5.41) is 10.1. The van der Waals surface area contributed by atoms with E-state index in [-0.39, 0.29) is 5.82 Å². The molecule has 0 bridgehead atoms. The van der Waals surface area contributed by atoms with Gasteiger partial charge in [0, 0.05) is 19.6 Å². The summed E-state index contributed by atoms with van der Waals surface area (Å²) in [6, 6.07) is 6.43. The second-order valence-corrected chi connectivity index (χ2v) is 5.37. The van der Waals surface area contributed by atoms with E-state index < -0.39 is 5.60 Å². The first-order valence-corrected chi connectivity index (χ1v) is 6.49. The SMILES string of the molecule is OC1(C2CC2)CN(CCOc2ccccc2F)C1. The van der Waals surface area contributed by atoms with Gasteiger partial charge in [0.15, 0.2) is 11.6 Å². The second kappa shape index (κ2) is 4.52. The number of benzene rings is 1. The zero-order valence-corrected chi connectivity index (χ0v) is 10.3. The Morgan fingerprint density at radius 1 is 1.33 bits per heavy atom. The van der Waals surface area contributed by atoms with Crippen LogP contribution in [0.2, 0.25) is 0 Å². The van der Waals surface area contributed by atoms with Crippen molar-refractivity contribution in [1.29, 1.82) is 0 Å². The van der Waals surface area contributed by atoms with Gasteiger partial charge in [-0.1, -0.05) is 12.1 Å². The van der Waals surface area contributed by atoms with Crippen molar-refractivity contribution in [1.82, 2.24) is 4.90 Å². The smallest absolute Gasteiger partial charge is 0.165 e. The lowest BCUT2D eigenvalue weighted by molar-refractivity contribution is -0.115. The molecule has 1 N–H and O–H groups in total. The highest BCUT2D eigenvalue weighted by Crippen LogP contribution is 2.44. The third kappa shape index (κ3) is 2.35. The van der Waals surface area contributed by atoms with E-state index in [1.165, 1.54) is 6.07 Å². The van der Waals surface area contributed by atoms with E-state index >= 15 is 0 Å². The number of halogens is 1. The van der Waals surface area contributed by atoms with Crippen LogP contribution in [0.1, 0.15) is 12.8 Å². The molecule has 1 aliphatic carbocycles. The van der Waals surface area contributed by atoms with Gasteiger partial charge in [-0.2, -0.15) is 0 Å². The van der Waals surface area contributed by atoms with Crippen LogP contribution in [0, 0.1) is 11.7 Å². The fraction of sp³-hybridized carbons (Fsp3) is 0.571. The maximum atomic E-state index is 13.3. The number of para-hydroxylation sites is 1. The van der Waals surface area contributed by atoms with Gasteiger partial charge in [-0.05, 0) is 30.9 Å². The number of ether oxygens (including phenoxy) is 1. The molecule has 18 heavy (non-hydrogen) atoms. The van der Waals surface area contributed by atoms with Gasteiger partial charge < -0.3 is 9.84 Å². The zero-order valence-electron chi connectivity index (χ0n) is 10.3. The minimum Gasteiger partial charge on any atom is -0.489 e. The van der Waals surface area contributed by atoms with E-state index in [0.29, 0.717) is 18.3 Å². The topological polar surface area (TPSA) is 32.7 Å². The van der Waals surface area contributed by atoms with Gasteiger partial charge in [0.1, 0.15) is 6.61 Å². The highest BCUT2D eigenvalue weighted by Gasteiger charge is 2.51. The molecule has 0 atom stereocenters. The molecule has 2 aliphatic rings. The summed E-state index contributed by atoms with van der Waals surface area (Å²) in [6.07, 6.45) is 2.33. The van der Waals surface area contributed by atoms with Gasteiger partial charge in [-0.3, -0.25) is 4.90 Å². The van der Waals surface area contributed by atoms with Crippen LogP contribution >= 0.6 is 0 Å². The number of likely N-dealkylation sites (tertiary alicyclic amines) is 1. The predicted octanol–water partition coefficient (Wildman–Crippen LogP) is 1.66. The molecule has 1 saturated carbocycles. The number of aliphatic hydroxyl groups is 1. The van der Waals surface area contributed by atoms with Gasteiger partial charge in [0.2, 0.25) is 0 Å². The number of β-amino-alcohol motifs (C(OH)–C–C–N with tert-alkyl or cyclic N) is 1. The third-order valence-electron chi connectivity index (χ3n) is 3.83. The molecule has 2 fully saturated rings. The summed E-state index contributed by atoms with van der Waals surface area (Å²) in [6.45, 7) is 2.67. The van der Waals surface area contributed by atoms with Crippen molar-refractivity contribution < 1.29 is 14.2 Å². The summed E-state index contributed by atoms with van der Waals surface area (Å²) in [4.78, 5) is 2.15. The first-order chi connectivity index (χ1) is 8.67. The van der Waals surface area contributed by atoms with Crippen molar-refractivity contribution in [3.8, 4) is 5.75 Å². The molecule has 1 aromatic carbocycles. The van der Waals surface area contributed by atoms with Crippen LogP contribution in [-0.4, -0.2) is 41.8 Å². The first kappa shape index (κ1) is 11.9. The Balaban J connectivity index is 1.40. The summed E-state index contributed by atoms with van der Waals surface area (Å²) in [5.74, 6) is 0.493. The molecule has 3 nitrogen and oxygen atoms in total. The molecule has 1 saturated heterocycles. The first-order valence-electron chi connectivity index (χ1n) is 6.49. The fourth-order valence-corrected chi connectivity index (χ4v) is 2.61. The van der Waals surface area contributed by atoms with Gasteiger partial charge in [-0.25, -0.2) is 4.39 Å². The Kier molecular flexibility index (Phi) is 2.99. The molecule has 98 valence electrons. The summed E-state index contributed by atoms with van der Waals surface area (Å²) >= 11 is 0. The van der Waals surface area contributed by atoms with Gasteiger partial charge in [-0.15, -0.1) is 0 Å².